The minimum absolute atomic E-state index is 0.0943. The SMILES string of the molecule is CCn1nc(C(C)C(=O)N2CCC(CCN(C)C)CC2)c2ccccc2c1=O. The average Bonchev–Trinajstić information content (AvgIpc) is 2.72. The van der Waals surface area contributed by atoms with Gasteiger partial charge in [-0.3, -0.25) is 9.59 Å². The van der Waals surface area contributed by atoms with Crippen LogP contribution in [-0.4, -0.2) is 59.2 Å². The molecule has 1 aromatic heterocycles. The summed E-state index contributed by atoms with van der Waals surface area (Å²) in [5.74, 6) is 0.453. The Morgan fingerprint density at radius 3 is 2.46 bits per heavy atom. The van der Waals surface area contributed by atoms with Crippen molar-refractivity contribution in [1.82, 2.24) is 19.6 Å². The Bertz CT molecular complexity index is 882. The van der Waals surface area contributed by atoms with E-state index >= 15 is 0 Å². The van der Waals surface area contributed by atoms with Crippen molar-refractivity contribution >= 4 is 16.7 Å². The predicted molar refractivity (Wildman–Crippen MR) is 113 cm³/mol. The van der Waals surface area contributed by atoms with Crippen LogP contribution in [-0.2, 0) is 11.3 Å². The fraction of sp³-hybridized carbons (Fsp3) is 0.591. The van der Waals surface area contributed by atoms with Crippen LogP contribution in [0.15, 0.2) is 29.1 Å². The van der Waals surface area contributed by atoms with Crippen molar-refractivity contribution in [2.24, 2.45) is 5.92 Å². The molecule has 1 fully saturated rings. The van der Waals surface area contributed by atoms with E-state index in [1.165, 1.54) is 11.1 Å². The summed E-state index contributed by atoms with van der Waals surface area (Å²) >= 11 is 0. The first kappa shape index (κ1) is 20.5. The maximum absolute atomic E-state index is 13.2. The van der Waals surface area contributed by atoms with Gasteiger partial charge in [0, 0.05) is 25.0 Å². The number of piperidine rings is 1. The molecule has 3 rings (SSSR count). The molecule has 1 atom stereocenters. The monoisotopic (exact) mass is 384 g/mol. The highest BCUT2D eigenvalue weighted by Crippen LogP contribution is 2.27. The molecule has 2 heterocycles. The third kappa shape index (κ3) is 4.27. The second-order valence-electron chi connectivity index (χ2n) is 8.13. The van der Waals surface area contributed by atoms with E-state index in [-0.39, 0.29) is 17.4 Å². The highest BCUT2D eigenvalue weighted by Gasteiger charge is 2.29. The van der Waals surface area contributed by atoms with E-state index in [0.29, 0.717) is 23.5 Å². The Kier molecular flexibility index (Phi) is 6.50. The van der Waals surface area contributed by atoms with Crippen molar-refractivity contribution in [3.63, 3.8) is 0 Å². The van der Waals surface area contributed by atoms with Crippen LogP contribution in [0.3, 0.4) is 0 Å². The highest BCUT2D eigenvalue weighted by atomic mass is 16.2. The van der Waals surface area contributed by atoms with E-state index in [1.807, 2.05) is 43.0 Å². The van der Waals surface area contributed by atoms with Crippen LogP contribution in [0.5, 0.6) is 0 Å². The lowest BCUT2D eigenvalue weighted by atomic mass is 9.92. The van der Waals surface area contributed by atoms with E-state index in [2.05, 4.69) is 24.1 Å². The third-order valence-corrected chi connectivity index (χ3v) is 5.89. The van der Waals surface area contributed by atoms with Gasteiger partial charge in [0.15, 0.2) is 0 Å². The molecule has 1 aliphatic rings. The summed E-state index contributed by atoms with van der Waals surface area (Å²) in [5.41, 5.74) is 0.611. The van der Waals surface area contributed by atoms with Gasteiger partial charge in [0.05, 0.1) is 17.0 Å². The lowest BCUT2D eigenvalue weighted by molar-refractivity contribution is -0.133. The first-order chi connectivity index (χ1) is 13.4. The molecule has 28 heavy (non-hydrogen) atoms. The van der Waals surface area contributed by atoms with Crippen LogP contribution < -0.4 is 5.56 Å². The number of aromatic nitrogens is 2. The number of carbonyl (C=O) groups is 1. The van der Waals surface area contributed by atoms with Crippen molar-refractivity contribution in [3.8, 4) is 0 Å². The zero-order chi connectivity index (χ0) is 20.3. The van der Waals surface area contributed by atoms with E-state index < -0.39 is 0 Å². The minimum atomic E-state index is -0.360. The zero-order valence-corrected chi connectivity index (χ0v) is 17.5. The number of hydrogen-bond donors (Lipinski definition) is 0. The summed E-state index contributed by atoms with van der Waals surface area (Å²) < 4.78 is 1.47. The molecule has 1 amide bonds. The topological polar surface area (TPSA) is 58.4 Å². The lowest BCUT2D eigenvalue weighted by Gasteiger charge is -2.34. The fourth-order valence-corrected chi connectivity index (χ4v) is 4.07. The van der Waals surface area contributed by atoms with Crippen LogP contribution in [0.25, 0.3) is 10.8 Å². The second-order valence-corrected chi connectivity index (χ2v) is 8.13. The molecular formula is C22H32N4O2. The minimum Gasteiger partial charge on any atom is -0.342 e. The van der Waals surface area contributed by atoms with E-state index in [0.717, 1.165) is 37.9 Å². The summed E-state index contributed by atoms with van der Waals surface area (Å²) in [7, 11) is 4.21. The maximum atomic E-state index is 13.2. The molecule has 1 unspecified atom stereocenters. The van der Waals surface area contributed by atoms with E-state index in [1.54, 1.807) is 0 Å². The predicted octanol–water partition coefficient (Wildman–Crippen LogP) is 2.71. The van der Waals surface area contributed by atoms with E-state index in [4.69, 9.17) is 0 Å². The van der Waals surface area contributed by atoms with Gasteiger partial charge in [-0.05, 0) is 65.7 Å². The van der Waals surface area contributed by atoms with Gasteiger partial charge >= 0.3 is 0 Å². The molecule has 0 radical (unpaired) electrons. The number of likely N-dealkylation sites (tertiary alicyclic amines) is 1. The number of aryl methyl sites for hydroxylation is 1. The fourth-order valence-electron chi connectivity index (χ4n) is 4.07. The quantitative estimate of drug-likeness (QED) is 0.768. The zero-order valence-electron chi connectivity index (χ0n) is 17.5. The van der Waals surface area contributed by atoms with Crippen LogP contribution in [0.4, 0.5) is 0 Å². The van der Waals surface area contributed by atoms with Crippen molar-refractivity contribution in [2.45, 2.75) is 45.6 Å². The van der Waals surface area contributed by atoms with Gasteiger partial charge < -0.3 is 9.80 Å². The normalized spacial score (nSPS) is 16.7. The van der Waals surface area contributed by atoms with Crippen molar-refractivity contribution in [2.75, 3.05) is 33.7 Å². The highest BCUT2D eigenvalue weighted by molar-refractivity contribution is 5.91. The number of fused-ring (bicyclic) bond motifs is 1. The Morgan fingerprint density at radius 2 is 1.86 bits per heavy atom. The number of rotatable bonds is 6. The number of amides is 1. The van der Waals surface area contributed by atoms with Gasteiger partial charge in [-0.1, -0.05) is 18.2 Å². The van der Waals surface area contributed by atoms with Crippen LogP contribution in [0, 0.1) is 5.92 Å². The first-order valence-corrected chi connectivity index (χ1v) is 10.4. The molecule has 6 heteroatoms. The van der Waals surface area contributed by atoms with E-state index in [9.17, 15) is 9.59 Å². The van der Waals surface area contributed by atoms with Gasteiger partial charge in [0.1, 0.15) is 0 Å². The smallest absolute Gasteiger partial charge is 0.274 e. The van der Waals surface area contributed by atoms with Crippen LogP contribution >= 0.6 is 0 Å². The third-order valence-electron chi connectivity index (χ3n) is 5.89. The largest absolute Gasteiger partial charge is 0.342 e. The number of carbonyl (C=O) groups excluding carboxylic acids is 1. The number of nitrogens with zero attached hydrogens (tertiary/aromatic N) is 4. The molecule has 0 bridgehead atoms. The molecule has 6 nitrogen and oxygen atoms in total. The maximum Gasteiger partial charge on any atom is 0.274 e. The number of benzene rings is 1. The lowest BCUT2D eigenvalue weighted by Crippen LogP contribution is -2.41. The molecule has 2 aromatic rings. The summed E-state index contributed by atoms with van der Waals surface area (Å²) in [6.45, 7) is 7.04. The standard InChI is InChI=1S/C22H32N4O2/c1-5-26-22(28)19-9-7-6-8-18(19)20(23-26)16(2)21(27)25-14-11-17(12-15-25)10-13-24(3)4/h6-9,16-17H,5,10-15H2,1-4H3. The molecule has 0 aliphatic carbocycles. The Hall–Kier alpha value is -2.21. The molecule has 1 aliphatic heterocycles. The molecular weight excluding hydrogens is 352 g/mol. The molecule has 0 saturated carbocycles. The number of hydrogen-bond acceptors (Lipinski definition) is 4. The summed E-state index contributed by atoms with van der Waals surface area (Å²) in [6.07, 6.45) is 3.32. The Balaban J connectivity index is 1.77. The Morgan fingerprint density at radius 1 is 1.21 bits per heavy atom. The van der Waals surface area contributed by atoms with Gasteiger partial charge in [0.25, 0.3) is 5.56 Å². The summed E-state index contributed by atoms with van der Waals surface area (Å²) in [4.78, 5) is 29.9. The van der Waals surface area contributed by atoms with Gasteiger partial charge in [-0.2, -0.15) is 5.10 Å². The summed E-state index contributed by atoms with van der Waals surface area (Å²) in [5, 5.41) is 5.98. The van der Waals surface area contributed by atoms with Gasteiger partial charge in [-0.25, -0.2) is 4.68 Å². The van der Waals surface area contributed by atoms with Crippen molar-refractivity contribution < 1.29 is 4.79 Å². The van der Waals surface area contributed by atoms with Crippen LogP contribution in [0.2, 0.25) is 0 Å². The second kappa shape index (κ2) is 8.86. The van der Waals surface area contributed by atoms with Crippen molar-refractivity contribution in [1.29, 1.82) is 0 Å². The van der Waals surface area contributed by atoms with Gasteiger partial charge in [0.2, 0.25) is 5.91 Å². The van der Waals surface area contributed by atoms with Crippen molar-refractivity contribution in [3.05, 3.63) is 40.3 Å². The average molecular weight is 385 g/mol. The first-order valence-electron chi connectivity index (χ1n) is 10.4. The Labute approximate surface area is 167 Å². The summed E-state index contributed by atoms with van der Waals surface area (Å²) in [6, 6.07) is 7.48. The van der Waals surface area contributed by atoms with Crippen LogP contribution in [0.1, 0.15) is 44.7 Å². The molecule has 1 saturated heterocycles. The molecule has 1 aromatic carbocycles. The van der Waals surface area contributed by atoms with Gasteiger partial charge in [-0.15, -0.1) is 0 Å². The molecule has 152 valence electrons. The molecule has 0 spiro atoms. The molecule has 0 N–H and O–H groups in total.